The number of hydrogen-bond acceptors (Lipinski definition) is 3. The van der Waals surface area contributed by atoms with Crippen LogP contribution in [-0.2, 0) is 14.3 Å². The second-order valence-electron chi connectivity index (χ2n) is 5.29. The molecule has 0 fully saturated rings. The molecule has 0 heterocycles. The normalized spacial score (nSPS) is 13.4. The van der Waals surface area contributed by atoms with Crippen LogP contribution in [0.4, 0.5) is 13.2 Å². The smallest absolute Gasteiger partial charge is 0.381 e. The zero-order valence-corrected chi connectivity index (χ0v) is 14.2. The maximum Gasteiger partial charge on any atom is 0.534 e. The van der Waals surface area contributed by atoms with Gasteiger partial charge in [-0.25, -0.2) is 0 Å². The molecule has 0 amide bonds. The van der Waals surface area contributed by atoms with Gasteiger partial charge in [0.25, 0.3) is 0 Å². The summed E-state index contributed by atoms with van der Waals surface area (Å²) in [5.74, 6) is -0.106. The Morgan fingerprint density at radius 1 is 0.955 bits per heavy atom. The van der Waals surface area contributed by atoms with Gasteiger partial charge >= 0.3 is 15.6 Å². The molecule has 0 saturated heterocycles. The first-order valence-corrected chi connectivity index (χ1v) is 9.35. The molecule has 0 saturated carbocycles. The third-order valence-electron chi connectivity index (χ3n) is 3.21. The number of halogens is 3. The third-order valence-corrected chi connectivity index (χ3v) is 4.21. The largest absolute Gasteiger partial charge is 0.534 e. The van der Waals surface area contributed by atoms with Crippen LogP contribution in [-0.4, -0.2) is 13.9 Å². The van der Waals surface area contributed by atoms with Crippen molar-refractivity contribution in [2.75, 3.05) is 0 Å². The molecular weight excluding hydrogens is 317 g/mol. The first kappa shape index (κ1) is 21.3. The van der Waals surface area contributed by atoms with Crippen LogP contribution in [0, 0.1) is 0 Å². The highest BCUT2D eigenvalue weighted by Crippen LogP contribution is 2.28. The second kappa shape index (κ2) is 10.9. The van der Waals surface area contributed by atoms with Crippen LogP contribution < -0.4 is 0 Å². The number of alkyl halides is 3. The summed E-state index contributed by atoms with van der Waals surface area (Å²) < 4.78 is 63.0. The van der Waals surface area contributed by atoms with E-state index in [0.29, 0.717) is 12.8 Å². The molecule has 0 aliphatic carbocycles. The van der Waals surface area contributed by atoms with Crippen molar-refractivity contribution in [3.05, 3.63) is 11.8 Å². The quantitative estimate of drug-likeness (QED) is 0.198. The Kier molecular flexibility index (Phi) is 10.6. The predicted molar refractivity (Wildman–Crippen MR) is 81.7 cm³/mol. The molecule has 0 rings (SSSR count). The molecule has 0 aliphatic rings. The van der Waals surface area contributed by atoms with Gasteiger partial charge in [-0.1, -0.05) is 58.8 Å². The molecule has 0 aromatic heterocycles. The van der Waals surface area contributed by atoms with Crippen molar-refractivity contribution in [3.63, 3.8) is 0 Å². The summed E-state index contributed by atoms with van der Waals surface area (Å²) in [5, 5.41) is 0. The van der Waals surface area contributed by atoms with Crippen LogP contribution in [0.1, 0.15) is 78.1 Å². The number of allylic oxidation sites excluding steroid dienone is 2. The van der Waals surface area contributed by atoms with Crippen molar-refractivity contribution in [1.29, 1.82) is 0 Å². The summed E-state index contributed by atoms with van der Waals surface area (Å²) >= 11 is 0. The lowest BCUT2D eigenvalue weighted by Crippen LogP contribution is -2.25. The third kappa shape index (κ3) is 9.33. The van der Waals surface area contributed by atoms with Crippen LogP contribution in [0.25, 0.3) is 0 Å². The van der Waals surface area contributed by atoms with Crippen LogP contribution in [0.15, 0.2) is 11.8 Å². The molecule has 0 atom stereocenters. The molecular formula is C15H27F3O3S. The summed E-state index contributed by atoms with van der Waals surface area (Å²) in [7, 11) is -5.55. The van der Waals surface area contributed by atoms with Gasteiger partial charge in [-0.2, -0.15) is 21.6 Å². The fourth-order valence-electron chi connectivity index (χ4n) is 2.03. The number of unbranched alkanes of at least 4 members (excludes halogenated alkanes) is 7. The zero-order valence-electron chi connectivity index (χ0n) is 13.4. The van der Waals surface area contributed by atoms with Crippen LogP contribution >= 0.6 is 0 Å². The highest BCUT2D eigenvalue weighted by molar-refractivity contribution is 7.87. The van der Waals surface area contributed by atoms with Gasteiger partial charge in [-0.3, -0.25) is 0 Å². The van der Waals surface area contributed by atoms with Crippen molar-refractivity contribution in [3.8, 4) is 0 Å². The molecule has 0 aromatic carbocycles. The van der Waals surface area contributed by atoms with Gasteiger partial charge < -0.3 is 4.18 Å². The van der Waals surface area contributed by atoms with Crippen molar-refractivity contribution < 1.29 is 25.8 Å². The van der Waals surface area contributed by atoms with Crippen molar-refractivity contribution in [2.24, 2.45) is 0 Å². The average molecular weight is 344 g/mol. The van der Waals surface area contributed by atoms with E-state index in [1.54, 1.807) is 6.92 Å². The van der Waals surface area contributed by atoms with E-state index >= 15 is 0 Å². The van der Waals surface area contributed by atoms with Gasteiger partial charge in [0.15, 0.2) is 0 Å². The molecule has 0 unspecified atom stereocenters. The number of rotatable bonds is 12. The zero-order chi connectivity index (χ0) is 17.1. The highest BCUT2D eigenvalue weighted by atomic mass is 32.2. The molecule has 3 nitrogen and oxygen atoms in total. The van der Waals surface area contributed by atoms with E-state index in [2.05, 4.69) is 11.1 Å². The van der Waals surface area contributed by atoms with Gasteiger partial charge in [-0.05, 0) is 18.9 Å². The maximum atomic E-state index is 12.3. The lowest BCUT2D eigenvalue weighted by molar-refractivity contribution is -0.0523. The summed E-state index contributed by atoms with van der Waals surface area (Å²) in [5.41, 5.74) is -5.38. The fraction of sp³-hybridized carbons (Fsp3) is 0.867. The molecule has 0 aliphatic heterocycles. The number of hydrogen-bond donors (Lipinski definition) is 0. The van der Waals surface area contributed by atoms with Gasteiger partial charge in [0, 0.05) is 6.42 Å². The molecule has 0 spiro atoms. The first-order chi connectivity index (χ1) is 10.2. The Bertz CT molecular complexity index is 414. The van der Waals surface area contributed by atoms with E-state index in [9.17, 15) is 21.6 Å². The standard InChI is InChI=1S/C15H27F3O3S/c1-3-5-6-7-8-9-10-11-13-14(12-4-2)21-22(19,20)15(16,17)18/h12H,3-11,13H2,1-2H3. The van der Waals surface area contributed by atoms with Gasteiger partial charge in [0.1, 0.15) is 5.76 Å². The molecule has 0 aromatic rings. The van der Waals surface area contributed by atoms with E-state index in [1.807, 2.05) is 0 Å². The van der Waals surface area contributed by atoms with E-state index in [0.717, 1.165) is 19.3 Å². The van der Waals surface area contributed by atoms with Crippen LogP contribution in [0.3, 0.4) is 0 Å². The Balaban J connectivity index is 4.11. The minimum absolute atomic E-state index is 0.106. The summed E-state index contributed by atoms with van der Waals surface area (Å²) in [6, 6.07) is 0. The Morgan fingerprint density at radius 3 is 1.91 bits per heavy atom. The molecule has 0 bridgehead atoms. The molecule has 132 valence electrons. The Hall–Kier alpha value is -0.720. The van der Waals surface area contributed by atoms with E-state index < -0.39 is 15.6 Å². The minimum Gasteiger partial charge on any atom is -0.381 e. The Labute approximate surface area is 132 Å². The first-order valence-electron chi connectivity index (χ1n) is 7.94. The van der Waals surface area contributed by atoms with E-state index in [4.69, 9.17) is 0 Å². The highest BCUT2D eigenvalue weighted by Gasteiger charge is 2.48. The maximum absolute atomic E-state index is 12.3. The molecule has 7 heteroatoms. The summed E-state index contributed by atoms with van der Waals surface area (Å²) in [6.45, 7) is 3.87. The van der Waals surface area contributed by atoms with Crippen molar-refractivity contribution in [2.45, 2.75) is 83.6 Å². The van der Waals surface area contributed by atoms with Crippen molar-refractivity contribution in [1.82, 2.24) is 0 Å². The van der Waals surface area contributed by atoms with Gasteiger partial charge in [-0.15, -0.1) is 0 Å². The van der Waals surface area contributed by atoms with E-state index in [1.165, 1.54) is 31.8 Å². The Morgan fingerprint density at radius 2 is 1.45 bits per heavy atom. The lowest BCUT2D eigenvalue weighted by Gasteiger charge is -2.12. The van der Waals surface area contributed by atoms with Crippen molar-refractivity contribution >= 4 is 10.1 Å². The molecule has 0 N–H and O–H groups in total. The van der Waals surface area contributed by atoms with Crippen LogP contribution in [0.5, 0.6) is 0 Å². The van der Waals surface area contributed by atoms with Gasteiger partial charge in [0.2, 0.25) is 0 Å². The molecule has 22 heavy (non-hydrogen) atoms. The van der Waals surface area contributed by atoms with E-state index in [-0.39, 0.29) is 12.2 Å². The molecule has 0 radical (unpaired) electrons. The lowest BCUT2D eigenvalue weighted by atomic mass is 10.1. The monoisotopic (exact) mass is 344 g/mol. The minimum atomic E-state index is -5.55. The second-order valence-corrected chi connectivity index (χ2v) is 6.82. The van der Waals surface area contributed by atoms with Crippen LogP contribution in [0.2, 0.25) is 0 Å². The summed E-state index contributed by atoms with van der Waals surface area (Å²) in [4.78, 5) is 0. The predicted octanol–water partition coefficient (Wildman–Crippen LogP) is 5.68. The average Bonchev–Trinajstić information content (AvgIpc) is 2.40. The SMILES string of the molecule is CCC=C(CCCCCCCCCC)OS(=O)(=O)C(F)(F)F. The topological polar surface area (TPSA) is 43.4 Å². The fourth-order valence-corrected chi connectivity index (χ4v) is 2.55. The summed E-state index contributed by atoms with van der Waals surface area (Å²) in [6.07, 6.45) is 10.5. The van der Waals surface area contributed by atoms with Gasteiger partial charge in [0.05, 0.1) is 0 Å².